The topological polar surface area (TPSA) is 58.6 Å². The molecule has 0 bridgehead atoms. The molecule has 168 valence electrons. The maximum absolute atomic E-state index is 13.2. The lowest BCUT2D eigenvalue weighted by molar-refractivity contribution is -0.137. The lowest BCUT2D eigenvalue weighted by Gasteiger charge is -2.29. The molecule has 0 aromatic heterocycles. The van der Waals surface area contributed by atoms with Crippen molar-refractivity contribution in [3.8, 4) is 5.75 Å². The number of benzene rings is 2. The molecule has 1 fully saturated rings. The van der Waals surface area contributed by atoms with Crippen molar-refractivity contribution < 1.29 is 27.5 Å². The van der Waals surface area contributed by atoms with E-state index in [-0.39, 0.29) is 22.3 Å². The number of amides is 2. The molecule has 0 saturated carbocycles. The van der Waals surface area contributed by atoms with E-state index < -0.39 is 23.6 Å². The highest BCUT2D eigenvalue weighted by atomic mass is 32.1. The molecule has 1 aliphatic heterocycles. The number of alkyl halides is 3. The molecule has 3 rings (SSSR count). The van der Waals surface area contributed by atoms with Crippen molar-refractivity contribution in [2.75, 3.05) is 12.0 Å². The van der Waals surface area contributed by atoms with E-state index in [4.69, 9.17) is 17.0 Å². The number of thiocarbonyl (C=S) groups is 1. The quantitative estimate of drug-likeness (QED) is 0.396. The van der Waals surface area contributed by atoms with Crippen LogP contribution in [0.1, 0.15) is 42.0 Å². The lowest BCUT2D eigenvalue weighted by atomic mass is 9.95. The van der Waals surface area contributed by atoms with Crippen LogP contribution in [0.2, 0.25) is 0 Å². The number of carbonyl (C=O) groups is 2. The summed E-state index contributed by atoms with van der Waals surface area (Å²) in [5.41, 5.74) is 1.01. The first-order valence-corrected chi connectivity index (χ1v) is 10.1. The van der Waals surface area contributed by atoms with Gasteiger partial charge in [-0.3, -0.25) is 19.8 Å². The molecule has 5 nitrogen and oxygen atoms in total. The van der Waals surface area contributed by atoms with Gasteiger partial charge in [-0.2, -0.15) is 13.2 Å². The second-order valence-electron chi connectivity index (χ2n) is 7.61. The number of halogens is 3. The van der Waals surface area contributed by atoms with Gasteiger partial charge in [-0.25, -0.2) is 0 Å². The van der Waals surface area contributed by atoms with E-state index in [0.717, 1.165) is 28.2 Å². The van der Waals surface area contributed by atoms with Crippen LogP contribution in [0.3, 0.4) is 0 Å². The molecule has 1 aliphatic rings. The summed E-state index contributed by atoms with van der Waals surface area (Å²) in [5, 5.41) is 2.10. The molecule has 0 spiro atoms. The molecule has 1 heterocycles. The highest BCUT2D eigenvalue weighted by molar-refractivity contribution is 7.80. The summed E-state index contributed by atoms with van der Waals surface area (Å²) in [5.74, 6) is -0.720. The van der Waals surface area contributed by atoms with Crippen molar-refractivity contribution in [3.05, 3.63) is 64.2 Å². The van der Waals surface area contributed by atoms with Gasteiger partial charge in [-0.05, 0) is 78.2 Å². The molecule has 9 heteroatoms. The SMILES string of the molecule is COc1cc(C)c(/C=C2\C(=O)NC(=S)N(c3cccc(C(F)(F)F)c3)C2=O)cc1C(C)C. The zero-order valence-corrected chi connectivity index (χ0v) is 18.6. The summed E-state index contributed by atoms with van der Waals surface area (Å²) >= 11 is 5.08. The van der Waals surface area contributed by atoms with Crippen molar-refractivity contribution in [1.29, 1.82) is 0 Å². The first kappa shape index (κ1) is 23.5. The average Bonchev–Trinajstić information content (AvgIpc) is 2.71. The number of methoxy groups -OCH3 is 1. The number of aryl methyl sites for hydroxylation is 1. The predicted molar refractivity (Wildman–Crippen MR) is 119 cm³/mol. The first-order chi connectivity index (χ1) is 14.9. The van der Waals surface area contributed by atoms with Crippen molar-refractivity contribution in [3.63, 3.8) is 0 Å². The summed E-state index contributed by atoms with van der Waals surface area (Å²) in [6.07, 6.45) is -3.17. The van der Waals surface area contributed by atoms with Crippen LogP contribution in [0.25, 0.3) is 6.08 Å². The van der Waals surface area contributed by atoms with Gasteiger partial charge in [0.25, 0.3) is 11.8 Å². The van der Waals surface area contributed by atoms with Crippen LogP contribution < -0.4 is 15.0 Å². The van der Waals surface area contributed by atoms with E-state index in [0.29, 0.717) is 11.3 Å². The number of hydrogen-bond acceptors (Lipinski definition) is 4. The molecule has 2 aromatic carbocycles. The fourth-order valence-electron chi connectivity index (χ4n) is 3.37. The molecule has 32 heavy (non-hydrogen) atoms. The fraction of sp³-hybridized carbons (Fsp3) is 0.261. The Balaban J connectivity index is 2.08. The summed E-state index contributed by atoms with van der Waals surface area (Å²) in [6.45, 7) is 5.77. The number of carbonyl (C=O) groups excluding carboxylic acids is 2. The summed E-state index contributed by atoms with van der Waals surface area (Å²) < 4.78 is 44.8. The highest BCUT2D eigenvalue weighted by Crippen LogP contribution is 2.34. The van der Waals surface area contributed by atoms with E-state index in [1.54, 1.807) is 14.0 Å². The normalized spacial score (nSPS) is 16.1. The van der Waals surface area contributed by atoms with Gasteiger partial charge >= 0.3 is 6.18 Å². The van der Waals surface area contributed by atoms with Crippen molar-refractivity contribution in [2.24, 2.45) is 0 Å². The minimum absolute atomic E-state index is 0.0879. The van der Waals surface area contributed by atoms with Crippen molar-refractivity contribution in [2.45, 2.75) is 32.9 Å². The number of nitrogens with zero attached hydrogens (tertiary/aromatic N) is 1. The summed E-state index contributed by atoms with van der Waals surface area (Å²) in [6, 6.07) is 7.84. The average molecular weight is 462 g/mol. The zero-order chi connectivity index (χ0) is 23.8. The second kappa shape index (κ2) is 8.74. The van der Waals surface area contributed by atoms with E-state index >= 15 is 0 Å². The van der Waals surface area contributed by atoms with Gasteiger partial charge in [0.1, 0.15) is 11.3 Å². The van der Waals surface area contributed by atoms with Gasteiger partial charge in [0, 0.05) is 0 Å². The number of anilines is 1. The Hall–Kier alpha value is -3.20. The van der Waals surface area contributed by atoms with Crippen LogP contribution in [-0.4, -0.2) is 24.0 Å². The first-order valence-electron chi connectivity index (χ1n) is 9.71. The number of ether oxygens (including phenoxy) is 1. The number of hydrogen-bond donors (Lipinski definition) is 1. The van der Waals surface area contributed by atoms with Gasteiger partial charge < -0.3 is 4.74 Å². The molecule has 0 radical (unpaired) electrons. The van der Waals surface area contributed by atoms with E-state index in [1.807, 2.05) is 26.0 Å². The van der Waals surface area contributed by atoms with Gasteiger partial charge in [0.2, 0.25) is 0 Å². The summed E-state index contributed by atoms with van der Waals surface area (Å²) in [4.78, 5) is 26.6. The molecule has 2 amide bonds. The zero-order valence-electron chi connectivity index (χ0n) is 17.8. The Bertz CT molecular complexity index is 1140. The molecule has 0 atom stereocenters. The number of rotatable bonds is 4. The third kappa shape index (κ3) is 4.52. The smallest absolute Gasteiger partial charge is 0.416 e. The van der Waals surface area contributed by atoms with Crippen LogP contribution in [0.5, 0.6) is 5.75 Å². The van der Waals surface area contributed by atoms with Crippen molar-refractivity contribution >= 4 is 40.9 Å². The Morgan fingerprint density at radius 3 is 2.44 bits per heavy atom. The molecular formula is C23H21F3N2O3S. The standard InChI is InChI=1S/C23H21F3N2O3S/c1-12(2)17-9-14(13(3)8-19(17)31-4)10-18-20(29)27-22(32)28(21(18)30)16-7-5-6-15(11-16)23(24,25)26/h5-12H,1-4H3,(H,27,29,32)/b18-10+. The molecule has 1 N–H and O–H groups in total. The maximum atomic E-state index is 13.2. The predicted octanol–water partition coefficient (Wildman–Crippen LogP) is 4.98. The highest BCUT2D eigenvalue weighted by Gasteiger charge is 2.36. The minimum Gasteiger partial charge on any atom is -0.496 e. The molecule has 2 aromatic rings. The van der Waals surface area contributed by atoms with Crippen LogP contribution >= 0.6 is 12.2 Å². The monoisotopic (exact) mass is 462 g/mol. The second-order valence-corrected chi connectivity index (χ2v) is 8.00. The Labute approximate surface area is 188 Å². The van der Waals surface area contributed by atoms with Crippen LogP contribution in [-0.2, 0) is 15.8 Å². The van der Waals surface area contributed by atoms with E-state index in [9.17, 15) is 22.8 Å². The Kier molecular flexibility index (Phi) is 6.41. The molecule has 0 aliphatic carbocycles. The van der Waals surface area contributed by atoms with Crippen LogP contribution in [0.4, 0.5) is 18.9 Å². The number of nitrogens with one attached hydrogen (secondary N) is 1. The minimum atomic E-state index is -4.59. The van der Waals surface area contributed by atoms with Gasteiger partial charge in [0.05, 0.1) is 18.4 Å². The maximum Gasteiger partial charge on any atom is 0.416 e. The van der Waals surface area contributed by atoms with Gasteiger partial charge in [-0.1, -0.05) is 19.9 Å². The molecule has 1 saturated heterocycles. The Morgan fingerprint density at radius 1 is 1.16 bits per heavy atom. The van der Waals surface area contributed by atoms with Gasteiger partial charge in [-0.15, -0.1) is 0 Å². The molecular weight excluding hydrogens is 441 g/mol. The van der Waals surface area contributed by atoms with Crippen LogP contribution in [0.15, 0.2) is 42.0 Å². The van der Waals surface area contributed by atoms with Crippen molar-refractivity contribution in [1.82, 2.24) is 5.32 Å². The summed E-state index contributed by atoms with van der Waals surface area (Å²) in [7, 11) is 1.56. The van der Waals surface area contributed by atoms with E-state index in [1.165, 1.54) is 18.2 Å². The third-order valence-corrected chi connectivity index (χ3v) is 5.36. The lowest BCUT2D eigenvalue weighted by Crippen LogP contribution is -2.54. The third-order valence-electron chi connectivity index (χ3n) is 5.07. The Morgan fingerprint density at radius 2 is 1.84 bits per heavy atom. The molecule has 0 unspecified atom stereocenters. The fourth-order valence-corrected chi connectivity index (χ4v) is 3.65. The van der Waals surface area contributed by atoms with E-state index in [2.05, 4.69) is 5.32 Å². The van der Waals surface area contributed by atoms with Gasteiger partial charge in [0.15, 0.2) is 5.11 Å². The van der Waals surface area contributed by atoms with Crippen LogP contribution in [0, 0.1) is 6.92 Å². The largest absolute Gasteiger partial charge is 0.496 e.